The monoisotopic (exact) mass is 315 g/mol. The van der Waals surface area contributed by atoms with Crippen LogP contribution in [0.3, 0.4) is 0 Å². The molecule has 0 amide bonds. The number of rotatable bonds is 3. The third-order valence-corrected chi connectivity index (χ3v) is 5.33. The highest BCUT2D eigenvalue weighted by Crippen LogP contribution is 2.26. The lowest BCUT2D eigenvalue weighted by atomic mass is 10.1. The Balaban J connectivity index is 2.34. The smallest absolute Gasteiger partial charge is 0.341 e. The number of aliphatic hydroxyl groups excluding tert-OH is 1. The number of aliphatic hydroxyl groups is 1. The van der Waals surface area contributed by atoms with Crippen molar-refractivity contribution in [2.24, 2.45) is 0 Å². The van der Waals surface area contributed by atoms with Crippen molar-refractivity contribution in [3.05, 3.63) is 23.8 Å². The number of piperidine rings is 1. The molecule has 0 saturated carbocycles. The van der Waals surface area contributed by atoms with Crippen LogP contribution in [0.4, 0.5) is 0 Å². The minimum Gasteiger partial charge on any atom is -0.507 e. The van der Waals surface area contributed by atoms with Crippen molar-refractivity contribution in [2.45, 2.75) is 23.8 Å². The van der Waals surface area contributed by atoms with Crippen LogP contribution in [0.1, 0.15) is 23.2 Å². The number of esters is 1. The molecule has 1 heterocycles. The van der Waals surface area contributed by atoms with Crippen molar-refractivity contribution in [3.8, 4) is 5.75 Å². The van der Waals surface area contributed by atoms with Gasteiger partial charge in [-0.15, -0.1) is 0 Å². The second kappa shape index (κ2) is 6.00. The Labute approximate surface area is 122 Å². The van der Waals surface area contributed by atoms with Crippen molar-refractivity contribution in [2.75, 3.05) is 20.2 Å². The largest absolute Gasteiger partial charge is 0.507 e. The van der Waals surface area contributed by atoms with E-state index < -0.39 is 22.1 Å². The predicted molar refractivity (Wildman–Crippen MR) is 73.4 cm³/mol. The maximum atomic E-state index is 12.5. The Kier molecular flexibility index (Phi) is 4.50. The Morgan fingerprint density at radius 1 is 1.33 bits per heavy atom. The van der Waals surface area contributed by atoms with Crippen molar-refractivity contribution >= 4 is 16.0 Å². The van der Waals surface area contributed by atoms with Gasteiger partial charge in [-0.3, -0.25) is 0 Å². The standard InChI is InChI=1S/C13H17NO6S/c1-20-13(17)11-8-10(2-3-12(11)16)21(18,19)14-6-4-9(15)5-7-14/h2-3,8-9,15-16H,4-7H2,1H3. The fourth-order valence-corrected chi connectivity index (χ4v) is 3.68. The van der Waals surface area contributed by atoms with Crippen LogP contribution in [0, 0.1) is 0 Å². The molecule has 0 spiro atoms. The van der Waals surface area contributed by atoms with Gasteiger partial charge in [0.25, 0.3) is 0 Å². The first-order valence-corrected chi connectivity index (χ1v) is 7.90. The van der Waals surface area contributed by atoms with Gasteiger partial charge in [0.2, 0.25) is 10.0 Å². The molecule has 0 bridgehead atoms. The normalized spacial score (nSPS) is 17.6. The number of aromatic hydroxyl groups is 1. The van der Waals surface area contributed by atoms with E-state index in [0.29, 0.717) is 12.8 Å². The zero-order valence-electron chi connectivity index (χ0n) is 11.5. The van der Waals surface area contributed by atoms with Crippen LogP contribution < -0.4 is 0 Å². The molecule has 1 aromatic carbocycles. The molecule has 7 nitrogen and oxygen atoms in total. The van der Waals surface area contributed by atoms with Gasteiger partial charge >= 0.3 is 5.97 Å². The van der Waals surface area contributed by atoms with Gasteiger partial charge < -0.3 is 14.9 Å². The van der Waals surface area contributed by atoms with Crippen molar-refractivity contribution < 1.29 is 28.2 Å². The number of carbonyl (C=O) groups is 1. The van der Waals surface area contributed by atoms with Gasteiger partial charge in [-0.25, -0.2) is 13.2 Å². The summed E-state index contributed by atoms with van der Waals surface area (Å²) in [5.74, 6) is -1.14. The van der Waals surface area contributed by atoms with Gasteiger partial charge in [0, 0.05) is 13.1 Å². The van der Waals surface area contributed by atoms with E-state index in [-0.39, 0.29) is 29.3 Å². The molecule has 1 aliphatic heterocycles. The summed E-state index contributed by atoms with van der Waals surface area (Å²) in [6.45, 7) is 0.440. The van der Waals surface area contributed by atoms with Crippen molar-refractivity contribution in [1.29, 1.82) is 0 Å². The summed E-state index contributed by atoms with van der Waals surface area (Å²) in [4.78, 5) is 11.4. The molecule has 0 atom stereocenters. The molecule has 0 aliphatic carbocycles. The van der Waals surface area contributed by atoms with Gasteiger partial charge in [-0.05, 0) is 31.0 Å². The fraction of sp³-hybridized carbons (Fsp3) is 0.462. The van der Waals surface area contributed by atoms with Gasteiger partial charge in [-0.1, -0.05) is 0 Å². The van der Waals surface area contributed by atoms with E-state index in [1.807, 2.05) is 0 Å². The van der Waals surface area contributed by atoms with Crippen LogP contribution in [0.2, 0.25) is 0 Å². The third kappa shape index (κ3) is 3.17. The van der Waals surface area contributed by atoms with Crippen LogP contribution in [-0.2, 0) is 14.8 Å². The lowest BCUT2D eigenvalue weighted by Gasteiger charge is -2.28. The quantitative estimate of drug-likeness (QED) is 0.779. The van der Waals surface area contributed by atoms with E-state index in [9.17, 15) is 23.4 Å². The molecular formula is C13H17NO6S. The van der Waals surface area contributed by atoms with Crippen LogP contribution >= 0.6 is 0 Å². The van der Waals surface area contributed by atoms with Crippen molar-refractivity contribution in [3.63, 3.8) is 0 Å². The Hall–Kier alpha value is -1.64. The third-order valence-electron chi connectivity index (χ3n) is 3.43. The number of methoxy groups -OCH3 is 1. The molecule has 0 unspecified atom stereocenters. The number of phenolic OH excluding ortho intramolecular Hbond substituents is 1. The van der Waals surface area contributed by atoms with E-state index in [1.165, 1.54) is 10.4 Å². The van der Waals surface area contributed by atoms with Gasteiger partial charge in [0.05, 0.1) is 18.1 Å². The molecule has 1 aromatic rings. The molecule has 2 N–H and O–H groups in total. The number of hydrogen-bond donors (Lipinski definition) is 2. The number of benzene rings is 1. The topological polar surface area (TPSA) is 104 Å². The Morgan fingerprint density at radius 3 is 2.52 bits per heavy atom. The summed E-state index contributed by atoms with van der Waals surface area (Å²) < 4.78 is 30.7. The summed E-state index contributed by atoms with van der Waals surface area (Å²) in [5, 5.41) is 19.0. The van der Waals surface area contributed by atoms with Crippen LogP contribution in [-0.4, -0.2) is 55.2 Å². The number of carbonyl (C=O) groups excluding carboxylic acids is 1. The number of phenols is 1. The summed E-state index contributed by atoms with van der Waals surface area (Å²) in [5.41, 5.74) is -0.199. The average molecular weight is 315 g/mol. The molecule has 0 radical (unpaired) electrons. The Morgan fingerprint density at radius 2 is 1.95 bits per heavy atom. The van der Waals surface area contributed by atoms with Crippen LogP contribution in [0.25, 0.3) is 0 Å². The van der Waals surface area contributed by atoms with E-state index >= 15 is 0 Å². The lowest BCUT2D eigenvalue weighted by molar-refractivity contribution is 0.0597. The maximum Gasteiger partial charge on any atom is 0.341 e. The van der Waals surface area contributed by atoms with E-state index in [1.54, 1.807) is 0 Å². The van der Waals surface area contributed by atoms with Gasteiger partial charge in [-0.2, -0.15) is 4.31 Å². The highest BCUT2D eigenvalue weighted by Gasteiger charge is 2.29. The zero-order chi connectivity index (χ0) is 15.6. The second-order valence-corrected chi connectivity index (χ2v) is 6.74. The SMILES string of the molecule is COC(=O)c1cc(S(=O)(=O)N2CCC(O)CC2)ccc1O. The zero-order valence-corrected chi connectivity index (χ0v) is 12.3. The number of ether oxygens (including phenoxy) is 1. The summed E-state index contributed by atoms with van der Waals surface area (Å²) in [7, 11) is -2.62. The van der Waals surface area contributed by atoms with E-state index in [0.717, 1.165) is 19.2 Å². The lowest BCUT2D eigenvalue weighted by Crippen LogP contribution is -2.40. The molecule has 8 heteroatoms. The minimum absolute atomic E-state index is 0.0860. The first kappa shape index (κ1) is 15.7. The highest BCUT2D eigenvalue weighted by molar-refractivity contribution is 7.89. The Bertz CT molecular complexity index is 634. The van der Waals surface area contributed by atoms with E-state index in [4.69, 9.17) is 0 Å². The van der Waals surface area contributed by atoms with Crippen molar-refractivity contribution in [1.82, 2.24) is 4.31 Å². The first-order chi connectivity index (χ1) is 9.86. The first-order valence-electron chi connectivity index (χ1n) is 6.46. The molecule has 1 saturated heterocycles. The molecule has 1 fully saturated rings. The highest BCUT2D eigenvalue weighted by atomic mass is 32.2. The molecular weight excluding hydrogens is 298 g/mol. The van der Waals surface area contributed by atoms with Gasteiger partial charge in [0.1, 0.15) is 11.3 Å². The summed E-state index contributed by atoms with van der Waals surface area (Å²) >= 11 is 0. The molecule has 21 heavy (non-hydrogen) atoms. The number of hydrogen-bond acceptors (Lipinski definition) is 6. The molecule has 2 rings (SSSR count). The number of nitrogens with zero attached hydrogens (tertiary/aromatic N) is 1. The average Bonchev–Trinajstić information content (AvgIpc) is 2.47. The number of sulfonamides is 1. The maximum absolute atomic E-state index is 12.5. The van der Waals surface area contributed by atoms with Crippen LogP contribution in [0.5, 0.6) is 5.75 Å². The van der Waals surface area contributed by atoms with Gasteiger partial charge in [0.15, 0.2) is 0 Å². The van der Waals surface area contributed by atoms with E-state index in [2.05, 4.69) is 4.74 Å². The fourth-order valence-electron chi connectivity index (χ4n) is 2.18. The molecule has 0 aromatic heterocycles. The summed E-state index contributed by atoms with van der Waals surface area (Å²) in [6, 6.07) is 3.49. The molecule has 1 aliphatic rings. The second-order valence-electron chi connectivity index (χ2n) is 4.81. The van der Waals surface area contributed by atoms with Crippen LogP contribution in [0.15, 0.2) is 23.1 Å². The molecule has 116 valence electrons. The predicted octanol–water partition coefficient (Wildman–Crippen LogP) is 0.324. The summed E-state index contributed by atoms with van der Waals surface area (Å²) in [6.07, 6.45) is 0.268. The minimum atomic E-state index is -3.76.